The van der Waals surface area contributed by atoms with Crippen molar-refractivity contribution in [1.29, 1.82) is 0 Å². The number of hydrogen-bond acceptors (Lipinski definition) is 6. The summed E-state index contributed by atoms with van der Waals surface area (Å²) in [5, 5.41) is 10.0. The average molecular weight is 323 g/mol. The van der Waals surface area contributed by atoms with Crippen molar-refractivity contribution < 1.29 is 4.74 Å². The molecular formula is C18H21N5O. The van der Waals surface area contributed by atoms with Crippen LogP contribution in [0.25, 0.3) is 11.0 Å². The quantitative estimate of drug-likeness (QED) is 0.773. The average Bonchev–Trinajstić information content (AvgIpc) is 3.14. The second kappa shape index (κ2) is 6.88. The molecule has 3 N–H and O–H groups in total. The Bertz CT molecular complexity index is 780. The molecule has 0 aliphatic carbocycles. The number of fused-ring (bicyclic) bond motifs is 1. The second-order valence-electron chi connectivity index (χ2n) is 6.00. The minimum atomic E-state index is 0.260. The lowest BCUT2D eigenvalue weighted by Gasteiger charge is -2.22. The van der Waals surface area contributed by atoms with Gasteiger partial charge in [0.25, 0.3) is 0 Å². The number of dihydropyridines is 1. The monoisotopic (exact) mass is 323 g/mol. The molecule has 2 aliphatic heterocycles. The molecule has 2 aromatic rings. The molecule has 0 saturated carbocycles. The first-order valence-electron chi connectivity index (χ1n) is 8.33. The Hall–Kier alpha value is -2.60. The van der Waals surface area contributed by atoms with E-state index in [0.717, 1.165) is 54.1 Å². The maximum absolute atomic E-state index is 6.13. The third kappa shape index (κ3) is 3.33. The number of nitrogens with zero attached hydrogens (tertiary/aromatic N) is 2. The zero-order valence-electron chi connectivity index (χ0n) is 13.5. The topological polar surface area (TPSA) is 71.1 Å². The molecule has 1 aromatic heterocycles. The minimum absolute atomic E-state index is 0.260. The van der Waals surface area contributed by atoms with Crippen LogP contribution in [-0.2, 0) is 11.3 Å². The fourth-order valence-electron chi connectivity index (χ4n) is 2.97. The van der Waals surface area contributed by atoms with Crippen LogP contribution in [-0.4, -0.2) is 35.7 Å². The molecule has 3 heterocycles. The first kappa shape index (κ1) is 15.0. The number of aromatic nitrogens is 2. The highest BCUT2D eigenvalue weighted by Gasteiger charge is 2.19. The third-order valence-corrected chi connectivity index (χ3v) is 4.24. The van der Waals surface area contributed by atoms with Gasteiger partial charge in [-0.05, 0) is 36.7 Å². The molecule has 6 heteroatoms. The van der Waals surface area contributed by atoms with Crippen LogP contribution in [0, 0.1) is 0 Å². The summed E-state index contributed by atoms with van der Waals surface area (Å²) in [5.41, 5.74) is 3.98. The lowest BCUT2D eigenvalue weighted by Crippen LogP contribution is -2.26. The van der Waals surface area contributed by atoms with E-state index >= 15 is 0 Å². The van der Waals surface area contributed by atoms with E-state index in [9.17, 15) is 0 Å². The third-order valence-electron chi connectivity index (χ3n) is 4.24. The number of rotatable bonds is 5. The zero-order chi connectivity index (χ0) is 16.2. The molecule has 0 amide bonds. The van der Waals surface area contributed by atoms with Crippen LogP contribution in [0.3, 0.4) is 0 Å². The maximum atomic E-state index is 6.13. The van der Waals surface area contributed by atoms with Crippen LogP contribution in [0.2, 0.25) is 0 Å². The predicted molar refractivity (Wildman–Crippen MR) is 92.9 cm³/mol. The van der Waals surface area contributed by atoms with Crippen molar-refractivity contribution >= 4 is 11.0 Å². The lowest BCUT2D eigenvalue weighted by molar-refractivity contribution is 0.135. The Balaban J connectivity index is 1.42. The number of hydrogen-bond donors (Lipinski definition) is 3. The Labute approximate surface area is 141 Å². The Kier molecular flexibility index (Phi) is 4.29. The van der Waals surface area contributed by atoms with Crippen molar-refractivity contribution in [3.63, 3.8) is 0 Å². The van der Waals surface area contributed by atoms with Gasteiger partial charge < -0.3 is 20.7 Å². The first-order chi connectivity index (χ1) is 11.9. The van der Waals surface area contributed by atoms with Gasteiger partial charge in [0.2, 0.25) is 0 Å². The van der Waals surface area contributed by atoms with Crippen molar-refractivity contribution in [2.75, 3.05) is 19.6 Å². The smallest absolute Gasteiger partial charge is 0.142 e. The van der Waals surface area contributed by atoms with E-state index in [1.54, 1.807) is 12.4 Å². The van der Waals surface area contributed by atoms with Gasteiger partial charge in [-0.1, -0.05) is 6.07 Å². The largest absolute Gasteiger partial charge is 0.487 e. The Morgan fingerprint density at radius 3 is 3.00 bits per heavy atom. The van der Waals surface area contributed by atoms with Crippen molar-refractivity contribution in [3.8, 4) is 0 Å². The molecule has 0 bridgehead atoms. The molecule has 124 valence electrons. The molecule has 6 nitrogen and oxygen atoms in total. The van der Waals surface area contributed by atoms with E-state index < -0.39 is 0 Å². The van der Waals surface area contributed by atoms with E-state index in [2.05, 4.69) is 44.1 Å². The van der Waals surface area contributed by atoms with Crippen molar-refractivity contribution in [2.45, 2.75) is 19.1 Å². The van der Waals surface area contributed by atoms with Crippen LogP contribution in [0.5, 0.6) is 0 Å². The highest BCUT2D eigenvalue weighted by Crippen LogP contribution is 2.18. The molecule has 1 unspecified atom stereocenters. The Morgan fingerprint density at radius 1 is 1.21 bits per heavy atom. The van der Waals surface area contributed by atoms with Crippen LogP contribution >= 0.6 is 0 Å². The number of nitrogens with one attached hydrogen (secondary N) is 3. The molecule has 0 radical (unpaired) electrons. The van der Waals surface area contributed by atoms with Gasteiger partial charge in [-0.25, -0.2) is 0 Å². The zero-order valence-corrected chi connectivity index (χ0v) is 13.5. The summed E-state index contributed by atoms with van der Waals surface area (Å²) in [4.78, 5) is 8.66. The Morgan fingerprint density at radius 2 is 2.12 bits per heavy atom. The van der Waals surface area contributed by atoms with Gasteiger partial charge in [0.05, 0.1) is 16.7 Å². The molecule has 1 fully saturated rings. The summed E-state index contributed by atoms with van der Waals surface area (Å²) >= 11 is 0. The second-order valence-corrected chi connectivity index (χ2v) is 6.00. The molecule has 1 atom stereocenters. The van der Waals surface area contributed by atoms with Crippen LogP contribution < -0.4 is 16.0 Å². The fourth-order valence-corrected chi connectivity index (χ4v) is 2.97. The summed E-state index contributed by atoms with van der Waals surface area (Å²) in [6.45, 7) is 3.46. The van der Waals surface area contributed by atoms with Crippen LogP contribution in [0.15, 0.2) is 54.3 Å². The maximum Gasteiger partial charge on any atom is 0.142 e. The molecule has 1 aromatic carbocycles. The molecular weight excluding hydrogens is 302 g/mol. The van der Waals surface area contributed by atoms with Gasteiger partial charge in [0.1, 0.15) is 11.9 Å². The first-order valence-corrected chi connectivity index (χ1v) is 8.33. The van der Waals surface area contributed by atoms with Crippen molar-refractivity contribution in [3.05, 3.63) is 59.9 Å². The van der Waals surface area contributed by atoms with Gasteiger partial charge in [0, 0.05) is 38.2 Å². The van der Waals surface area contributed by atoms with Gasteiger partial charge in [-0.2, -0.15) is 0 Å². The van der Waals surface area contributed by atoms with Gasteiger partial charge in [-0.15, -0.1) is 0 Å². The fraction of sp³-hybridized carbons (Fsp3) is 0.333. The summed E-state index contributed by atoms with van der Waals surface area (Å²) in [5.74, 6) is 0.933. The van der Waals surface area contributed by atoms with Gasteiger partial charge >= 0.3 is 0 Å². The van der Waals surface area contributed by atoms with E-state index in [1.807, 2.05) is 12.3 Å². The van der Waals surface area contributed by atoms with E-state index in [1.165, 1.54) is 0 Å². The highest BCUT2D eigenvalue weighted by molar-refractivity contribution is 5.74. The predicted octanol–water partition coefficient (Wildman–Crippen LogP) is 1.43. The summed E-state index contributed by atoms with van der Waals surface area (Å²) in [6.07, 6.45) is 8.82. The van der Waals surface area contributed by atoms with Gasteiger partial charge in [0.15, 0.2) is 0 Å². The minimum Gasteiger partial charge on any atom is -0.487 e. The molecule has 4 rings (SSSR count). The molecule has 2 aliphatic rings. The molecule has 0 spiro atoms. The molecule has 1 saturated heterocycles. The summed E-state index contributed by atoms with van der Waals surface area (Å²) in [7, 11) is 0. The van der Waals surface area contributed by atoms with Crippen LogP contribution in [0.1, 0.15) is 12.0 Å². The highest BCUT2D eigenvalue weighted by atomic mass is 16.5. The number of ether oxygens (including phenoxy) is 1. The van der Waals surface area contributed by atoms with E-state index in [4.69, 9.17) is 4.74 Å². The van der Waals surface area contributed by atoms with Crippen molar-refractivity contribution in [1.82, 2.24) is 25.9 Å². The lowest BCUT2D eigenvalue weighted by atomic mass is 10.2. The normalized spacial score (nSPS) is 20.2. The summed E-state index contributed by atoms with van der Waals surface area (Å²) in [6, 6.07) is 6.15. The van der Waals surface area contributed by atoms with Crippen molar-refractivity contribution in [2.24, 2.45) is 0 Å². The van der Waals surface area contributed by atoms with Gasteiger partial charge in [-0.3, -0.25) is 9.97 Å². The standard InChI is InChI=1S/C18H21N5O/c1-2-15-16(22-8-7-21-15)9-13(1)10-23-17-12-20-6-4-18(17)24-14-3-5-19-11-14/h1-2,4,7-9,12,14,19-20,23H,3,5-6,10-11H2. The summed E-state index contributed by atoms with van der Waals surface area (Å²) < 4.78 is 6.13. The number of benzene rings is 1. The van der Waals surface area contributed by atoms with Crippen LogP contribution in [0.4, 0.5) is 0 Å². The van der Waals surface area contributed by atoms with E-state index in [0.29, 0.717) is 6.54 Å². The molecule has 24 heavy (non-hydrogen) atoms. The van der Waals surface area contributed by atoms with E-state index in [-0.39, 0.29) is 6.10 Å². The SMILES string of the molecule is C1=C(NCc2ccc3nccnc3c2)C(OC2CCNC2)=CCN1.